The fourth-order valence-corrected chi connectivity index (χ4v) is 1.43. The molecule has 0 radical (unpaired) electrons. The summed E-state index contributed by atoms with van der Waals surface area (Å²) in [6.07, 6.45) is 0.526. The van der Waals surface area contributed by atoms with Crippen molar-refractivity contribution in [3.8, 4) is 11.5 Å². The average molecular weight is 193 g/mol. The van der Waals surface area contributed by atoms with E-state index in [4.69, 9.17) is 15.2 Å². The maximum atomic E-state index is 11.2. The molecular weight excluding hydrogens is 182 g/mol. The van der Waals surface area contributed by atoms with Crippen molar-refractivity contribution in [3.63, 3.8) is 0 Å². The molecule has 1 aliphatic rings. The number of fused-ring (bicyclic) bond motifs is 1. The fourth-order valence-electron chi connectivity index (χ4n) is 1.43. The average Bonchev–Trinajstić information content (AvgIpc) is 2.19. The van der Waals surface area contributed by atoms with Crippen LogP contribution < -0.4 is 15.2 Å². The third-order valence-electron chi connectivity index (χ3n) is 2.23. The lowest BCUT2D eigenvalue weighted by Crippen LogP contribution is -2.39. The summed E-state index contributed by atoms with van der Waals surface area (Å²) >= 11 is 0. The SMILES string of the molecule is COc1ccc2c(c1)OC(=O)C(N)C2. The van der Waals surface area contributed by atoms with E-state index in [-0.39, 0.29) is 5.97 Å². The minimum Gasteiger partial charge on any atom is -0.497 e. The fraction of sp³-hybridized carbons (Fsp3) is 0.300. The molecule has 4 nitrogen and oxygen atoms in total. The second-order valence-electron chi connectivity index (χ2n) is 3.21. The third kappa shape index (κ3) is 1.44. The first-order chi connectivity index (χ1) is 6.70. The topological polar surface area (TPSA) is 61.5 Å². The smallest absolute Gasteiger partial charge is 0.328 e. The lowest BCUT2D eigenvalue weighted by atomic mass is 10.0. The van der Waals surface area contributed by atoms with Crippen LogP contribution in [0.2, 0.25) is 0 Å². The van der Waals surface area contributed by atoms with E-state index in [0.717, 1.165) is 5.56 Å². The van der Waals surface area contributed by atoms with Gasteiger partial charge in [0, 0.05) is 12.5 Å². The Bertz CT molecular complexity index is 376. The Morgan fingerprint density at radius 3 is 3.07 bits per heavy atom. The van der Waals surface area contributed by atoms with Crippen LogP contribution in [-0.4, -0.2) is 19.1 Å². The van der Waals surface area contributed by atoms with Crippen LogP contribution in [0.5, 0.6) is 11.5 Å². The molecule has 1 aromatic carbocycles. The van der Waals surface area contributed by atoms with Crippen molar-refractivity contribution >= 4 is 5.97 Å². The molecule has 0 aromatic heterocycles. The minimum absolute atomic E-state index is 0.384. The van der Waals surface area contributed by atoms with Crippen LogP contribution in [0.15, 0.2) is 18.2 Å². The monoisotopic (exact) mass is 193 g/mol. The third-order valence-corrected chi connectivity index (χ3v) is 2.23. The van der Waals surface area contributed by atoms with E-state index in [1.165, 1.54) is 0 Å². The molecule has 1 heterocycles. The number of benzene rings is 1. The maximum absolute atomic E-state index is 11.2. The van der Waals surface area contributed by atoms with Crippen LogP contribution in [-0.2, 0) is 11.2 Å². The Labute approximate surface area is 81.6 Å². The summed E-state index contributed by atoms with van der Waals surface area (Å²) in [6, 6.07) is 4.83. The molecule has 0 aliphatic carbocycles. The molecule has 14 heavy (non-hydrogen) atoms. The molecule has 0 fully saturated rings. The molecule has 0 spiro atoms. The van der Waals surface area contributed by atoms with Crippen molar-refractivity contribution in [2.75, 3.05) is 7.11 Å². The summed E-state index contributed by atoms with van der Waals surface area (Å²) in [7, 11) is 1.57. The number of methoxy groups -OCH3 is 1. The molecule has 0 amide bonds. The Kier molecular flexibility index (Phi) is 2.13. The van der Waals surface area contributed by atoms with Gasteiger partial charge in [-0.3, -0.25) is 0 Å². The normalized spacial score (nSPS) is 19.9. The zero-order valence-corrected chi connectivity index (χ0v) is 7.82. The van der Waals surface area contributed by atoms with Crippen molar-refractivity contribution in [1.82, 2.24) is 0 Å². The first kappa shape index (κ1) is 9.02. The van der Waals surface area contributed by atoms with Crippen molar-refractivity contribution in [3.05, 3.63) is 23.8 Å². The van der Waals surface area contributed by atoms with Crippen LogP contribution in [0.25, 0.3) is 0 Å². The molecular formula is C10H11NO3. The highest BCUT2D eigenvalue weighted by molar-refractivity contribution is 5.81. The van der Waals surface area contributed by atoms with Gasteiger partial charge in [0.25, 0.3) is 0 Å². The molecule has 0 bridgehead atoms. The molecule has 1 aromatic rings. The van der Waals surface area contributed by atoms with E-state index in [1.54, 1.807) is 13.2 Å². The highest BCUT2D eigenvalue weighted by Crippen LogP contribution is 2.28. The van der Waals surface area contributed by atoms with Gasteiger partial charge in [-0.25, -0.2) is 4.79 Å². The maximum Gasteiger partial charge on any atom is 0.328 e. The zero-order chi connectivity index (χ0) is 10.1. The zero-order valence-electron chi connectivity index (χ0n) is 7.82. The molecule has 1 unspecified atom stereocenters. The van der Waals surface area contributed by atoms with E-state index in [9.17, 15) is 4.79 Å². The van der Waals surface area contributed by atoms with Gasteiger partial charge in [-0.15, -0.1) is 0 Å². The van der Waals surface area contributed by atoms with Crippen LogP contribution in [0, 0.1) is 0 Å². The van der Waals surface area contributed by atoms with Crippen LogP contribution in [0.1, 0.15) is 5.56 Å². The number of carbonyl (C=O) groups excluding carboxylic acids is 1. The van der Waals surface area contributed by atoms with Gasteiger partial charge in [0.1, 0.15) is 17.5 Å². The predicted octanol–water partition coefficient (Wildman–Crippen LogP) is 0.484. The molecule has 74 valence electrons. The summed E-state index contributed by atoms with van der Waals surface area (Å²) in [4.78, 5) is 11.2. The highest BCUT2D eigenvalue weighted by atomic mass is 16.5. The van der Waals surface area contributed by atoms with Gasteiger partial charge in [0.05, 0.1) is 7.11 Å². The summed E-state index contributed by atoms with van der Waals surface area (Å²) in [5.74, 6) is 0.842. The van der Waals surface area contributed by atoms with Gasteiger partial charge in [-0.1, -0.05) is 6.07 Å². The summed E-state index contributed by atoms with van der Waals surface area (Å²) in [5, 5.41) is 0. The van der Waals surface area contributed by atoms with E-state index in [0.29, 0.717) is 17.9 Å². The standard InChI is InChI=1S/C10H11NO3/c1-13-7-3-2-6-4-8(11)10(12)14-9(6)5-7/h2-3,5,8H,4,11H2,1H3. The molecule has 2 rings (SSSR count). The molecule has 1 atom stereocenters. The van der Waals surface area contributed by atoms with Gasteiger partial charge >= 0.3 is 5.97 Å². The second-order valence-corrected chi connectivity index (χ2v) is 3.21. The highest BCUT2D eigenvalue weighted by Gasteiger charge is 2.25. The van der Waals surface area contributed by atoms with E-state index < -0.39 is 6.04 Å². The van der Waals surface area contributed by atoms with E-state index >= 15 is 0 Å². The Balaban J connectivity index is 2.37. The van der Waals surface area contributed by atoms with Gasteiger partial charge in [-0.2, -0.15) is 0 Å². The van der Waals surface area contributed by atoms with Gasteiger partial charge in [-0.05, 0) is 11.6 Å². The van der Waals surface area contributed by atoms with Crippen LogP contribution in [0.3, 0.4) is 0 Å². The summed E-state index contributed by atoms with van der Waals surface area (Å²) in [6.45, 7) is 0. The number of hydrogen-bond donors (Lipinski definition) is 1. The largest absolute Gasteiger partial charge is 0.497 e. The van der Waals surface area contributed by atoms with Gasteiger partial charge in [0.15, 0.2) is 0 Å². The van der Waals surface area contributed by atoms with Gasteiger partial charge < -0.3 is 15.2 Å². The predicted molar refractivity (Wildman–Crippen MR) is 50.3 cm³/mol. The Hall–Kier alpha value is -1.55. The number of carbonyl (C=O) groups is 1. The van der Waals surface area contributed by atoms with Gasteiger partial charge in [0.2, 0.25) is 0 Å². The molecule has 2 N–H and O–H groups in total. The molecule has 0 saturated carbocycles. The van der Waals surface area contributed by atoms with E-state index in [1.807, 2.05) is 12.1 Å². The molecule has 0 saturated heterocycles. The van der Waals surface area contributed by atoms with Crippen LogP contribution in [0.4, 0.5) is 0 Å². The van der Waals surface area contributed by atoms with E-state index in [2.05, 4.69) is 0 Å². The minimum atomic E-state index is -0.545. The number of ether oxygens (including phenoxy) is 2. The second kappa shape index (κ2) is 3.31. The lowest BCUT2D eigenvalue weighted by molar-refractivity contribution is -0.136. The van der Waals surface area contributed by atoms with Crippen molar-refractivity contribution in [2.45, 2.75) is 12.5 Å². The Morgan fingerprint density at radius 2 is 2.36 bits per heavy atom. The number of nitrogens with two attached hydrogens (primary N) is 1. The first-order valence-corrected chi connectivity index (χ1v) is 4.35. The number of esters is 1. The number of rotatable bonds is 1. The first-order valence-electron chi connectivity index (χ1n) is 4.35. The Morgan fingerprint density at radius 1 is 1.57 bits per heavy atom. The summed E-state index contributed by atoms with van der Waals surface area (Å²) in [5.41, 5.74) is 6.50. The quantitative estimate of drug-likeness (QED) is 0.520. The lowest BCUT2D eigenvalue weighted by Gasteiger charge is -2.20. The molecule has 4 heteroatoms. The van der Waals surface area contributed by atoms with Crippen LogP contribution >= 0.6 is 0 Å². The number of hydrogen-bond acceptors (Lipinski definition) is 4. The molecule has 1 aliphatic heterocycles. The summed E-state index contributed by atoms with van der Waals surface area (Å²) < 4.78 is 10.1. The van der Waals surface area contributed by atoms with Crippen molar-refractivity contribution in [1.29, 1.82) is 0 Å². The van der Waals surface area contributed by atoms with Crippen molar-refractivity contribution in [2.24, 2.45) is 5.73 Å². The van der Waals surface area contributed by atoms with Crippen molar-refractivity contribution < 1.29 is 14.3 Å².